The maximum Gasteiger partial charge on any atom is 0.418 e. The molecule has 2 nitrogen and oxygen atoms in total. The highest BCUT2D eigenvalue weighted by atomic mass is 19.4. The lowest BCUT2D eigenvalue weighted by Gasteiger charge is -2.40. The van der Waals surface area contributed by atoms with Crippen molar-refractivity contribution in [3.63, 3.8) is 0 Å². The van der Waals surface area contributed by atoms with E-state index in [4.69, 9.17) is 0 Å². The van der Waals surface area contributed by atoms with Crippen LogP contribution in [0.5, 0.6) is 0 Å². The molecule has 2 aromatic rings. The second-order valence-corrected chi connectivity index (χ2v) is 6.20. The zero-order valence-corrected chi connectivity index (χ0v) is 13.8. The molecule has 0 heterocycles. The summed E-state index contributed by atoms with van der Waals surface area (Å²) in [5, 5.41) is 10.1. The monoisotopic (exact) mass is 337 g/mol. The van der Waals surface area contributed by atoms with Gasteiger partial charge < -0.3 is 5.11 Å². The molecule has 0 spiro atoms. The molecule has 24 heavy (non-hydrogen) atoms. The van der Waals surface area contributed by atoms with Gasteiger partial charge in [0.2, 0.25) is 0 Å². The molecule has 0 aliphatic heterocycles. The van der Waals surface area contributed by atoms with E-state index in [0.29, 0.717) is 13.1 Å². The SMILES string of the molecule is C[C@@H](N(Cc1ccccc1)Cc1ccccc1)[C@@](C)(O)C(F)(F)F. The van der Waals surface area contributed by atoms with E-state index in [1.54, 1.807) is 4.90 Å². The molecule has 0 aromatic heterocycles. The molecule has 2 aromatic carbocycles. The van der Waals surface area contributed by atoms with E-state index >= 15 is 0 Å². The molecule has 0 radical (unpaired) electrons. The number of rotatable bonds is 6. The minimum absolute atomic E-state index is 0.323. The molecule has 0 aliphatic rings. The van der Waals surface area contributed by atoms with Gasteiger partial charge in [0.1, 0.15) is 0 Å². The number of alkyl halides is 3. The summed E-state index contributed by atoms with van der Waals surface area (Å²) in [5.74, 6) is 0. The standard InChI is InChI=1S/C19H22F3NO/c1-15(18(2,24)19(20,21)22)23(13-16-9-5-3-6-10-16)14-17-11-7-4-8-12-17/h3-12,15,24H,13-14H2,1-2H3/t15-,18-/m1/s1. The molecule has 2 rings (SSSR count). The Bertz CT molecular complexity index is 585. The molecule has 2 atom stereocenters. The summed E-state index contributed by atoms with van der Waals surface area (Å²) in [6, 6.07) is 17.5. The van der Waals surface area contributed by atoms with Crippen LogP contribution in [0, 0.1) is 0 Å². The summed E-state index contributed by atoms with van der Waals surface area (Å²) >= 11 is 0. The maximum absolute atomic E-state index is 13.2. The van der Waals surface area contributed by atoms with Crippen molar-refractivity contribution in [3.05, 3.63) is 71.8 Å². The number of hydrogen-bond donors (Lipinski definition) is 1. The quantitative estimate of drug-likeness (QED) is 0.845. The fourth-order valence-electron chi connectivity index (χ4n) is 2.56. The zero-order valence-electron chi connectivity index (χ0n) is 13.8. The summed E-state index contributed by atoms with van der Waals surface area (Å²) in [7, 11) is 0. The van der Waals surface area contributed by atoms with Crippen LogP contribution in [0.15, 0.2) is 60.7 Å². The normalized spacial score (nSPS) is 16.0. The lowest BCUT2D eigenvalue weighted by Crippen LogP contribution is -2.57. The summed E-state index contributed by atoms with van der Waals surface area (Å²) in [5.41, 5.74) is -0.993. The molecule has 1 N–H and O–H groups in total. The smallest absolute Gasteiger partial charge is 0.379 e. The molecule has 0 unspecified atom stereocenters. The van der Waals surface area contributed by atoms with Gasteiger partial charge in [0, 0.05) is 19.1 Å². The summed E-state index contributed by atoms with van der Waals surface area (Å²) < 4.78 is 39.7. The minimum atomic E-state index is -4.70. The molecule has 0 saturated carbocycles. The van der Waals surface area contributed by atoms with Gasteiger partial charge in [-0.05, 0) is 25.0 Å². The fourth-order valence-corrected chi connectivity index (χ4v) is 2.56. The van der Waals surface area contributed by atoms with Crippen LogP contribution < -0.4 is 0 Å². The predicted molar refractivity (Wildman–Crippen MR) is 88.3 cm³/mol. The van der Waals surface area contributed by atoms with Crippen LogP contribution in [0.3, 0.4) is 0 Å². The highest BCUT2D eigenvalue weighted by molar-refractivity contribution is 5.18. The van der Waals surface area contributed by atoms with Crippen LogP contribution in [-0.2, 0) is 13.1 Å². The first-order valence-corrected chi connectivity index (χ1v) is 7.83. The first-order valence-electron chi connectivity index (χ1n) is 7.83. The summed E-state index contributed by atoms with van der Waals surface area (Å²) in [4.78, 5) is 1.65. The predicted octanol–water partition coefficient (Wildman–Crippen LogP) is 4.39. The number of benzene rings is 2. The molecule has 0 bridgehead atoms. The van der Waals surface area contributed by atoms with Crippen molar-refractivity contribution in [2.45, 2.75) is 44.8 Å². The van der Waals surface area contributed by atoms with Gasteiger partial charge in [-0.2, -0.15) is 13.2 Å². The number of nitrogens with zero attached hydrogens (tertiary/aromatic N) is 1. The first-order chi connectivity index (χ1) is 11.2. The van der Waals surface area contributed by atoms with Crippen molar-refractivity contribution in [3.8, 4) is 0 Å². The first kappa shape index (κ1) is 18.5. The van der Waals surface area contributed by atoms with Gasteiger partial charge in [-0.3, -0.25) is 4.90 Å². The van der Waals surface area contributed by atoms with Crippen molar-refractivity contribution < 1.29 is 18.3 Å². The Morgan fingerprint density at radius 1 is 0.875 bits per heavy atom. The van der Waals surface area contributed by atoms with Gasteiger partial charge >= 0.3 is 6.18 Å². The molecular formula is C19H22F3NO. The lowest BCUT2D eigenvalue weighted by molar-refractivity contribution is -0.272. The molecule has 5 heteroatoms. The third-order valence-corrected chi connectivity index (χ3v) is 4.39. The topological polar surface area (TPSA) is 23.5 Å². The van der Waals surface area contributed by atoms with Gasteiger partial charge in [0.05, 0.1) is 0 Å². The van der Waals surface area contributed by atoms with Crippen LogP contribution in [0.1, 0.15) is 25.0 Å². The Morgan fingerprint density at radius 2 is 1.25 bits per heavy atom. The third kappa shape index (κ3) is 4.36. The van der Waals surface area contributed by atoms with E-state index in [1.165, 1.54) is 6.92 Å². The van der Waals surface area contributed by atoms with E-state index in [-0.39, 0.29) is 0 Å². The fraction of sp³-hybridized carbons (Fsp3) is 0.368. The summed E-state index contributed by atoms with van der Waals surface area (Å²) in [6.45, 7) is 2.90. The van der Waals surface area contributed by atoms with Crippen molar-refractivity contribution in [2.24, 2.45) is 0 Å². The Morgan fingerprint density at radius 3 is 1.58 bits per heavy atom. The Kier molecular flexibility index (Phi) is 5.67. The van der Waals surface area contributed by atoms with Gasteiger partial charge in [-0.25, -0.2) is 0 Å². The van der Waals surface area contributed by atoms with E-state index < -0.39 is 17.8 Å². The molecule has 0 saturated heterocycles. The number of halogens is 3. The Labute approximate surface area is 140 Å². The second-order valence-electron chi connectivity index (χ2n) is 6.20. The number of hydrogen-bond acceptors (Lipinski definition) is 2. The van der Waals surface area contributed by atoms with Crippen LogP contribution >= 0.6 is 0 Å². The Hall–Kier alpha value is -1.85. The average molecular weight is 337 g/mol. The summed E-state index contributed by atoms with van der Waals surface area (Å²) in [6.07, 6.45) is -4.70. The molecule has 0 amide bonds. The minimum Gasteiger partial charge on any atom is -0.379 e. The largest absolute Gasteiger partial charge is 0.418 e. The van der Waals surface area contributed by atoms with E-state index in [2.05, 4.69) is 0 Å². The van der Waals surface area contributed by atoms with Crippen molar-refractivity contribution in [1.29, 1.82) is 0 Å². The van der Waals surface area contributed by atoms with E-state index in [1.807, 2.05) is 60.7 Å². The van der Waals surface area contributed by atoms with Crippen LogP contribution in [0.4, 0.5) is 13.2 Å². The van der Waals surface area contributed by atoms with Gasteiger partial charge in [0.25, 0.3) is 0 Å². The third-order valence-electron chi connectivity index (χ3n) is 4.39. The van der Waals surface area contributed by atoms with Gasteiger partial charge in [-0.1, -0.05) is 60.7 Å². The lowest BCUT2D eigenvalue weighted by atomic mass is 9.94. The van der Waals surface area contributed by atoms with Crippen LogP contribution in [0.2, 0.25) is 0 Å². The zero-order chi connectivity index (χ0) is 17.8. The number of aliphatic hydroxyl groups is 1. The van der Waals surface area contributed by atoms with Crippen molar-refractivity contribution >= 4 is 0 Å². The van der Waals surface area contributed by atoms with Crippen LogP contribution in [0.25, 0.3) is 0 Å². The Balaban J connectivity index is 2.28. The average Bonchev–Trinajstić information content (AvgIpc) is 2.54. The van der Waals surface area contributed by atoms with Crippen molar-refractivity contribution in [1.82, 2.24) is 4.90 Å². The molecule has 130 valence electrons. The maximum atomic E-state index is 13.2. The van der Waals surface area contributed by atoms with Crippen LogP contribution in [-0.4, -0.2) is 27.8 Å². The van der Waals surface area contributed by atoms with E-state index in [0.717, 1.165) is 18.1 Å². The highest BCUT2D eigenvalue weighted by Crippen LogP contribution is 2.35. The van der Waals surface area contributed by atoms with Gasteiger partial charge in [0.15, 0.2) is 5.60 Å². The molecule has 0 fully saturated rings. The molecule has 0 aliphatic carbocycles. The van der Waals surface area contributed by atoms with E-state index in [9.17, 15) is 18.3 Å². The second kappa shape index (κ2) is 7.36. The highest BCUT2D eigenvalue weighted by Gasteiger charge is 2.54. The van der Waals surface area contributed by atoms with Gasteiger partial charge in [-0.15, -0.1) is 0 Å². The molecular weight excluding hydrogens is 315 g/mol. The van der Waals surface area contributed by atoms with Crippen molar-refractivity contribution in [2.75, 3.05) is 0 Å².